The molecule has 0 aromatic carbocycles. The van der Waals surface area contributed by atoms with Gasteiger partial charge in [-0.15, -0.1) is 0 Å². The Morgan fingerprint density at radius 2 is 1.42 bits per heavy atom. The van der Waals surface area contributed by atoms with Gasteiger partial charge in [0.1, 0.15) is 0 Å². The molecular formula is C13H32N2O3Si. The van der Waals surface area contributed by atoms with Crippen molar-refractivity contribution < 1.29 is 14.8 Å². The first-order valence-corrected chi connectivity index (χ1v) is 8.95. The van der Waals surface area contributed by atoms with Crippen LogP contribution in [0.5, 0.6) is 0 Å². The topological polar surface area (TPSA) is 74.4 Å². The summed E-state index contributed by atoms with van der Waals surface area (Å²) in [6, 6.07) is 0. The van der Waals surface area contributed by atoms with Crippen molar-refractivity contribution in [1.29, 1.82) is 0 Å². The summed E-state index contributed by atoms with van der Waals surface area (Å²) in [4.78, 5) is 0. The van der Waals surface area contributed by atoms with Crippen LogP contribution in [0.3, 0.4) is 0 Å². The maximum absolute atomic E-state index is 7.92. The summed E-state index contributed by atoms with van der Waals surface area (Å²) in [5, 5.41) is 21.7. The molecule has 0 unspecified atom stereocenters. The number of rotatable bonds is 6. The van der Waals surface area contributed by atoms with Crippen LogP contribution in [0.4, 0.5) is 0 Å². The Morgan fingerprint density at radius 3 is 1.58 bits per heavy atom. The summed E-state index contributed by atoms with van der Waals surface area (Å²) < 4.78 is 5.21. The van der Waals surface area contributed by atoms with Gasteiger partial charge in [0.25, 0.3) is 0 Å². The van der Waals surface area contributed by atoms with Gasteiger partial charge in [0.15, 0.2) is 9.76 Å². The third kappa shape index (κ3) is 31.7. The fraction of sp³-hybridized carbons (Fsp3) is 0.846. The SMILES string of the molecule is CCC(C)=NO.CCC(C)=NO.CCCCO[SiH2]C. The molecule has 6 heteroatoms. The van der Waals surface area contributed by atoms with Crippen LogP contribution in [0, 0.1) is 0 Å². The average Bonchev–Trinajstić information content (AvgIpc) is 2.47. The molecule has 0 saturated carbocycles. The minimum atomic E-state index is -0.106. The Kier molecular flexibility index (Phi) is 27.3. The minimum Gasteiger partial charge on any atom is -0.424 e. The predicted molar refractivity (Wildman–Crippen MR) is 85.6 cm³/mol. The lowest BCUT2D eigenvalue weighted by Crippen LogP contribution is -1.94. The van der Waals surface area contributed by atoms with Gasteiger partial charge >= 0.3 is 0 Å². The van der Waals surface area contributed by atoms with E-state index in [1.54, 1.807) is 13.8 Å². The molecule has 0 heterocycles. The highest BCUT2D eigenvalue weighted by Gasteiger charge is 1.79. The Labute approximate surface area is 120 Å². The fourth-order valence-corrected chi connectivity index (χ4v) is 1.02. The van der Waals surface area contributed by atoms with Crippen LogP contribution in [0.1, 0.15) is 60.3 Å². The number of nitrogens with zero attached hydrogens (tertiary/aromatic N) is 2. The molecule has 2 N–H and O–H groups in total. The molecule has 0 fully saturated rings. The van der Waals surface area contributed by atoms with Crippen LogP contribution in [-0.4, -0.2) is 38.2 Å². The van der Waals surface area contributed by atoms with Crippen LogP contribution >= 0.6 is 0 Å². The molecule has 0 bridgehead atoms. The van der Waals surface area contributed by atoms with Gasteiger partial charge in [0.2, 0.25) is 0 Å². The van der Waals surface area contributed by atoms with Crippen molar-refractivity contribution in [3.8, 4) is 0 Å². The number of hydrogen-bond acceptors (Lipinski definition) is 5. The van der Waals surface area contributed by atoms with E-state index in [1.807, 2.05) is 13.8 Å². The van der Waals surface area contributed by atoms with Crippen LogP contribution < -0.4 is 0 Å². The van der Waals surface area contributed by atoms with E-state index in [9.17, 15) is 0 Å². The van der Waals surface area contributed by atoms with Gasteiger partial charge in [0, 0.05) is 6.61 Å². The normalized spacial score (nSPS) is 11.7. The summed E-state index contributed by atoms with van der Waals surface area (Å²) in [6.07, 6.45) is 4.16. The highest BCUT2D eigenvalue weighted by Crippen LogP contribution is 1.84. The first-order valence-electron chi connectivity index (χ1n) is 6.96. The molecule has 19 heavy (non-hydrogen) atoms. The van der Waals surface area contributed by atoms with E-state index in [0.29, 0.717) is 0 Å². The van der Waals surface area contributed by atoms with Crippen molar-refractivity contribution in [2.24, 2.45) is 10.3 Å². The lowest BCUT2D eigenvalue weighted by atomic mass is 10.3. The maximum atomic E-state index is 7.92. The quantitative estimate of drug-likeness (QED) is 0.259. The van der Waals surface area contributed by atoms with Crippen molar-refractivity contribution >= 4 is 21.2 Å². The summed E-state index contributed by atoms with van der Waals surface area (Å²) in [5.74, 6) is 0. The zero-order valence-corrected chi connectivity index (χ0v) is 14.9. The van der Waals surface area contributed by atoms with Gasteiger partial charge in [-0.3, -0.25) is 0 Å². The number of oxime groups is 2. The highest BCUT2D eigenvalue weighted by atomic mass is 28.2. The number of hydrogen-bond donors (Lipinski definition) is 2. The van der Waals surface area contributed by atoms with E-state index >= 15 is 0 Å². The van der Waals surface area contributed by atoms with E-state index in [1.165, 1.54) is 12.8 Å². The molecule has 5 nitrogen and oxygen atoms in total. The first-order chi connectivity index (χ1) is 9.03. The molecule has 0 aromatic heterocycles. The third-order valence-corrected chi connectivity index (χ3v) is 2.91. The van der Waals surface area contributed by atoms with Crippen LogP contribution in [-0.2, 0) is 4.43 Å². The second kappa shape index (κ2) is 22.3. The molecule has 0 aliphatic carbocycles. The largest absolute Gasteiger partial charge is 0.424 e. The summed E-state index contributed by atoms with van der Waals surface area (Å²) in [7, 11) is -0.106. The van der Waals surface area contributed by atoms with E-state index in [-0.39, 0.29) is 9.76 Å². The van der Waals surface area contributed by atoms with E-state index < -0.39 is 0 Å². The molecule has 116 valence electrons. The van der Waals surface area contributed by atoms with Crippen molar-refractivity contribution in [3.05, 3.63) is 0 Å². The molecule has 0 rings (SSSR count). The first kappa shape index (κ1) is 23.2. The summed E-state index contributed by atoms with van der Waals surface area (Å²) >= 11 is 0. The highest BCUT2D eigenvalue weighted by molar-refractivity contribution is 6.24. The van der Waals surface area contributed by atoms with E-state index in [0.717, 1.165) is 30.9 Å². The lowest BCUT2D eigenvalue weighted by Gasteiger charge is -1.94. The molecule has 0 saturated heterocycles. The van der Waals surface area contributed by atoms with Crippen molar-refractivity contribution in [1.82, 2.24) is 0 Å². The van der Waals surface area contributed by atoms with Crippen LogP contribution in [0.2, 0.25) is 6.55 Å². The predicted octanol–water partition coefficient (Wildman–Crippen LogP) is 3.43. The van der Waals surface area contributed by atoms with E-state index in [2.05, 4.69) is 23.8 Å². The Bertz CT molecular complexity index is 200. The van der Waals surface area contributed by atoms with Crippen molar-refractivity contribution in [3.63, 3.8) is 0 Å². The van der Waals surface area contributed by atoms with Gasteiger partial charge in [-0.05, 0) is 33.1 Å². The molecular weight excluding hydrogens is 260 g/mol. The molecule has 0 spiro atoms. The van der Waals surface area contributed by atoms with E-state index in [4.69, 9.17) is 14.8 Å². The monoisotopic (exact) mass is 292 g/mol. The Morgan fingerprint density at radius 1 is 1.00 bits per heavy atom. The fourth-order valence-electron chi connectivity index (χ4n) is 0.532. The zero-order chi connectivity index (χ0) is 15.5. The molecule has 0 aliphatic rings. The average molecular weight is 292 g/mol. The van der Waals surface area contributed by atoms with Crippen LogP contribution in [0.15, 0.2) is 10.3 Å². The zero-order valence-electron chi connectivity index (χ0n) is 13.4. The molecule has 0 amide bonds. The molecule has 0 radical (unpaired) electrons. The number of unbranched alkanes of at least 4 members (excludes halogenated alkanes) is 1. The lowest BCUT2D eigenvalue weighted by molar-refractivity contribution is 0.317. The van der Waals surface area contributed by atoms with Gasteiger partial charge in [-0.25, -0.2) is 0 Å². The maximum Gasteiger partial charge on any atom is 0.158 e. The molecule has 0 atom stereocenters. The smallest absolute Gasteiger partial charge is 0.158 e. The minimum absolute atomic E-state index is 0.106. The molecule has 0 aromatic rings. The van der Waals surface area contributed by atoms with Gasteiger partial charge < -0.3 is 14.8 Å². The Hall–Kier alpha value is -0.883. The summed E-state index contributed by atoms with van der Waals surface area (Å²) in [6.45, 7) is 12.8. The third-order valence-electron chi connectivity index (χ3n) is 2.21. The Balaban J connectivity index is -0.000000203. The van der Waals surface area contributed by atoms with Gasteiger partial charge in [-0.1, -0.05) is 44.1 Å². The molecule has 0 aliphatic heterocycles. The van der Waals surface area contributed by atoms with Gasteiger partial charge in [-0.2, -0.15) is 0 Å². The second-order valence-electron chi connectivity index (χ2n) is 3.93. The van der Waals surface area contributed by atoms with Crippen LogP contribution in [0.25, 0.3) is 0 Å². The summed E-state index contributed by atoms with van der Waals surface area (Å²) in [5.41, 5.74) is 1.55. The standard InChI is InChI=1S/C5H14OSi.2C4H9NO/c1-3-4-5-6-7-2;2*1-3-4(2)5-6/h3-5,7H2,1-2H3;2*6H,3H2,1-2H3. The van der Waals surface area contributed by atoms with Gasteiger partial charge in [0.05, 0.1) is 11.4 Å². The van der Waals surface area contributed by atoms with Crippen molar-refractivity contribution in [2.45, 2.75) is 66.8 Å². The second-order valence-corrected chi connectivity index (χ2v) is 4.91. The van der Waals surface area contributed by atoms with Crippen molar-refractivity contribution in [2.75, 3.05) is 6.61 Å².